The van der Waals surface area contributed by atoms with Crippen LogP contribution in [0.5, 0.6) is 0 Å². The average molecular weight is 1480 g/mol. The van der Waals surface area contributed by atoms with Gasteiger partial charge in [-0.05, 0) is 0 Å². The van der Waals surface area contributed by atoms with Gasteiger partial charge in [-0.2, -0.15) is 0 Å². The van der Waals surface area contributed by atoms with E-state index in [0.717, 1.165) is 0 Å². The van der Waals surface area contributed by atoms with E-state index < -0.39 is 0 Å². The monoisotopic (exact) mass is 1480 g/mol. The molecule has 0 fully saturated rings. The van der Waals surface area contributed by atoms with Gasteiger partial charge in [0.2, 0.25) is 0 Å². The van der Waals surface area contributed by atoms with E-state index in [-0.39, 0.29) is 348 Å². The first-order chi connectivity index (χ1) is 18.0. The molecule has 0 unspecified atom stereocenters. The molecular formula is C38H118NY10-. The molecule has 3 N–H and O–H groups in total. The van der Waals surface area contributed by atoms with Gasteiger partial charge in [0, 0.05) is 327 Å². The van der Waals surface area contributed by atoms with Crippen LogP contribution in [0.15, 0.2) is 0 Å². The fourth-order valence-electron chi connectivity index (χ4n) is 0. The zero-order chi connectivity index (χ0) is 36.0. The van der Waals surface area contributed by atoms with Crippen LogP contribution in [0.1, 0.15) is 257 Å². The molecule has 0 saturated carbocycles. The first-order valence-corrected chi connectivity index (χ1v) is 18.0. The van der Waals surface area contributed by atoms with Gasteiger partial charge < -0.3 is 13.6 Å². The number of hydrogen-bond donors (Lipinski definition) is 1. The van der Waals surface area contributed by atoms with Gasteiger partial charge in [0.15, 0.2) is 0 Å². The zero-order valence-corrected chi connectivity index (χ0v) is 71.9. The standard InChI is InChI=1S/18C2H6.CH4.CH3.H3N.10Y/c18*1-2;;;;;;;;;;;;;/h18*1-2H3;1H4;2*1H3;;;;;;;;;;/q;;;;;;;;;;;;;;;;;;;-1;;;;;;;;;;;. The van der Waals surface area contributed by atoms with Crippen LogP contribution in [0.3, 0.4) is 0 Å². The van der Waals surface area contributed by atoms with Crippen molar-refractivity contribution in [3.05, 3.63) is 7.43 Å². The Morgan fingerprint density at radius 2 is 0.122 bits per heavy atom. The quantitative estimate of drug-likeness (QED) is 0.241. The molecule has 0 aromatic heterocycles. The average Bonchev–Trinajstić information content (AvgIpc) is 3.13. The Balaban J connectivity index is -0.00000000238. The molecule has 0 saturated heterocycles. The molecule has 1 nitrogen and oxygen atoms in total. The largest absolute Gasteiger partial charge is 0.358 e. The van der Waals surface area contributed by atoms with E-state index in [2.05, 4.69) is 0 Å². The van der Waals surface area contributed by atoms with Crippen LogP contribution in [-0.4, -0.2) is 0 Å². The summed E-state index contributed by atoms with van der Waals surface area (Å²) < 4.78 is 0. The van der Waals surface area contributed by atoms with Crippen molar-refractivity contribution in [1.29, 1.82) is 0 Å². The normalized spacial score (nSPS) is 2.20. The van der Waals surface area contributed by atoms with Crippen LogP contribution < -0.4 is 6.15 Å². The molecule has 0 spiro atoms. The van der Waals surface area contributed by atoms with E-state index in [4.69, 9.17) is 0 Å². The summed E-state index contributed by atoms with van der Waals surface area (Å²) in [5.74, 6) is 0. The zero-order valence-electron chi connectivity index (χ0n) is 43.5. The minimum Gasteiger partial charge on any atom is -0.358 e. The maximum absolute atomic E-state index is 2.00. The third-order valence-corrected chi connectivity index (χ3v) is 0. The van der Waals surface area contributed by atoms with Gasteiger partial charge >= 0.3 is 0 Å². The van der Waals surface area contributed by atoms with Gasteiger partial charge in [-0.3, -0.25) is 0 Å². The van der Waals surface area contributed by atoms with Crippen molar-refractivity contribution in [2.24, 2.45) is 0 Å². The molecule has 306 valence electrons. The van der Waals surface area contributed by atoms with Gasteiger partial charge in [0.25, 0.3) is 0 Å². The molecule has 0 aromatic carbocycles. The Kier molecular flexibility index (Phi) is 8310. The summed E-state index contributed by atoms with van der Waals surface area (Å²) in [6, 6.07) is 0. The third-order valence-electron chi connectivity index (χ3n) is 0. The molecule has 49 heavy (non-hydrogen) atoms. The van der Waals surface area contributed by atoms with E-state index in [1.54, 1.807) is 0 Å². The Labute approximate surface area is 583 Å². The fourth-order valence-corrected chi connectivity index (χ4v) is 0. The summed E-state index contributed by atoms with van der Waals surface area (Å²) in [4.78, 5) is 0. The van der Waals surface area contributed by atoms with E-state index >= 15 is 0 Å². The summed E-state index contributed by atoms with van der Waals surface area (Å²) in [7, 11) is 0. The van der Waals surface area contributed by atoms with Crippen LogP contribution >= 0.6 is 0 Å². The summed E-state index contributed by atoms with van der Waals surface area (Å²) in [6.45, 7) is 72.0. The van der Waals surface area contributed by atoms with Crippen molar-refractivity contribution < 1.29 is 327 Å². The van der Waals surface area contributed by atoms with E-state index in [1.165, 1.54) is 0 Å². The van der Waals surface area contributed by atoms with Crippen molar-refractivity contribution in [3.63, 3.8) is 0 Å². The molecule has 0 rings (SSSR count). The van der Waals surface area contributed by atoms with E-state index in [1.807, 2.05) is 249 Å². The van der Waals surface area contributed by atoms with Crippen molar-refractivity contribution in [3.8, 4) is 0 Å². The summed E-state index contributed by atoms with van der Waals surface area (Å²) in [6.07, 6.45) is 0. The molecule has 0 aromatic rings. The molecule has 0 heterocycles. The van der Waals surface area contributed by atoms with Gasteiger partial charge in [-0.15, -0.1) is 0 Å². The van der Waals surface area contributed by atoms with Gasteiger partial charge in [0.1, 0.15) is 0 Å². The minimum atomic E-state index is 0. The van der Waals surface area contributed by atoms with E-state index in [0.29, 0.717) is 0 Å². The van der Waals surface area contributed by atoms with Crippen molar-refractivity contribution in [2.75, 3.05) is 0 Å². The van der Waals surface area contributed by atoms with Crippen LogP contribution in [0.4, 0.5) is 0 Å². The van der Waals surface area contributed by atoms with Gasteiger partial charge in [0.05, 0.1) is 0 Å². The Morgan fingerprint density at radius 1 is 0.122 bits per heavy atom. The maximum atomic E-state index is 2.00. The Morgan fingerprint density at radius 3 is 0.122 bits per heavy atom. The molecular weight excluding hydrogens is 1360 g/mol. The van der Waals surface area contributed by atoms with Crippen molar-refractivity contribution in [1.82, 2.24) is 6.15 Å². The molecule has 11 heteroatoms. The predicted molar refractivity (Wildman–Crippen MR) is 222 cm³/mol. The first kappa shape index (κ1) is 248. The summed E-state index contributed by atoms with van der Waals surface area (Å²) in [5.41, 5.74) is 0. The van der Waals surface area contributed by atoms with Crippen molar-refractivity contribution in [2.45, 2.75) is 257 Å². The SMILES string of the molecule is C.CC.CC.CC.CC.CC.CC.CC.CC.CC.CC.CC.CC.CC.CC.CC.CC.CC.CC.N.[CH3-].[Y].[Y].[Y].[Y].[Y].[Y].[Y].[Y].[Y].[Y]. The van der Waals surface area contributed by atoms with Crippen LogP contribution in [0.2, 0.25) is 0 Å². The second kappa shape index (κ2) is 1640. The molecule has 0 atom stereocenters. The second-order valence-electron chi connectivity index (χ2n) is 0. The molecule has 0 bridgehead atoms. The molecule has 0 aliphatic heterocycles. The molecule has 10 radical (unpaired) electrons. The van der Waals surface area contributed by atoms with Gasteiger partial charge in [-0.1, -0.05) is 257 Å². The molecule has 0 aliphatic rings. The minimum absolute atomic E-state index is 0. The third kappa shape index (κ3) is 1580. The van der Waals surface area contributed by atoms with Crippen LogP contribution in [0, 0.1) is 7.43 Å². The first-order valence-electron chi connectivity index (χ1n) is 18.0. The maximum Gasteiger partial charge on any atom is 0 e. The second-order valence-corrected chi connectivity index (χ2v) is 0. The fraction of sp³-hybridized carbons (Fsp3) is 0.974. The van der Waals surface area contributed by atoms with E-state index in [9.17, 15) is 0 Å². The Bertz CT molecular complexity index is 42.5. The smallest absolute Gasteiger partial charge is 0 e. The van der Waals surface area contributed by atoms with Gasteiger partial charge in [-0.25, -0.2) is 0 Å². The van der Waals surface area contributed by atoms with Crippen molar-refractivity contribution >= 4 is 0 Å². The number of rotatable bonds is 0. The predicted octanol–water partition coefficient (Wildman–Crippen LogP) is 19.7. The summed E-state index contributed by atoms with van der Waals surface area (Å²) in [5, 5.41) is 0. The van der Waals surface area contributed by atoms with Crippen LogP contribution in [0.25, 0.3) is 0 Å². The Hall–Kier alpha value is 11.0. The number of hydrogen-bond acceptors (Lipinski definition) is 1. The van der Waals surface area contributed by atoms with Crippen LogP contribution in [-0.2, 0) is 327 Å². The summed E-state index contributed by atoms with van der Waals surface area (Å²) >= 11 is 0. The molecule has 0 amide bonds. The molecule has 0 aliphatic carbocycles. The topological polar surface area (TPSA) is 35.0 Å².